The number of benzene rings is 1. The fraction of sp³-hybridized carbons (Fsp3) is 0.370. The highest BCUT2D eigenvalue weighted by atomic mass is 32.1. The standard InChI is InChI=1S/C27H30N8O4S/c1-4-19-18(13-29-25(32-19)35-8-6-15(7-9-35)24(36)37)16-10-17(20-12-22(39-3)31-14-30-20)23-21(11-16)33-27(40-23)34-26(38)28-5-2/h10-15H,4-9H2,1-3H3,(H,36,37)(H2,28,33,34,38). The predicted molar refractivity (Wildman–Crippen MR) is 153 cm³/mol. The Kier molecular flexibility index (Phi) is 8.01. The fourth-order valence-electron chi connectivity index (χ4n) is 4.73. The second-order valence-electron chi connectivity index (χ2n) is 9.30. The maximum Gasteiger partial charge on any atom is 0.321 e. The number of carbonyl (C=O) groups is 2. The molecular formula is C27H30N8O4S. The van der Waals surface area contributed by atoms with Crippen LogP contribution < -0.4 is 20.3 Å². The van der Waals surface area contributed by atoms with Crippen molar-refractivity contribution in [3.8, 4) is 28.3 Å². The number of hydrogen-bond donors (Lipinski definition) is 3. The Morgan fingerprint density at radius 3 is 2.60 bits per heavy atom. The third-order valence-electron chi connectivity index (χ3n) is 6.80. The van der Waals surface area contributed by atoms with Crippen LogP contribution in [0.1, 0.15) is 32.4 Å². The van der Waals surface area contributed by atoms with Crippen LogP contribution in [0.3, 0.4) is 0 Å². The van der Waals surface area contributed by atoms with Gasteiger partial charge in [0.25, 0.3) is 0 Å². The molecule has 2 amide bonds. The minimum atomic E-state index is -0.746. The van der Waals surface area contributed by atoms with E-state index in [4.69, 9.17) is 14.7 Å². The average molecular weight is 563 g/mol. The molecule has 1 aromatic carbocycles. The number of piperidine rings is 1. The molecule has 0 unspecified atom stereocenters. The molecule has 40 heavy (non-hydrogen) atoms. The predicted octanol–water partition coefficient (Wildman–Crippen LogP) is 4.22. The lowest BCUT2D eigenvalue weighted by atomic mass is 9.97. The van der Waals surface area contributed by atoms with Crippen LogP contribution in [0.2, 0.25) is 0 Å². The van der Waals surface area contributed by atoms with Crippen LogP contribution >= 0.6 is 11.3 Å². The van der Waals surface area contributed by atoms with E-state index in [1.54, 1.807) is 13.2 Å². The van der Waals surface area contributed by atoms with Crippen LogP contribution in [0.15, 0.2) is 30.7 Å². The highest BCUT2D eigenvalue weighted by Crippen LogP contribution is 2.39. The first kappa shape index (κ1) is 27.2. The second kappa shape index (κ2) is 11.8. The molecule has 1 aliphatic rings. The zero-order valence-corrected chi connectivity index (χ0v) is 23.3. The summed E-state index contributed by atoms with van der Waals surface area (Å²) in [4.78, 5) is 48.4. The Bertz CT molecular complexity index is 1550. The summed E-state index contributed by atoms with van der Waals surface area (Å²) in [7, 11) is 1.55. The number of anilines is 2. The Hall–Kier alpha value is -4.39. The van der Waals surface area contributed by atoms with E-state index < -0.39 is 5.97 Å². The van der Waals surface area contributed by atoms with E-state index in [0.717, 1.165) is 27.1 Å². The van der Waals surface area contributed by atoms with Crippen molar-refractivity contribution in [3.63, 3.8) is 0 Å². The smallest absolute Gasteiger partial charge is 0.321 e. The van der Waals surface area contributed by atoms with Crippen LogP contribution in [0.4, 0.5) is 15.9 Å². The number of fused-ring (bicyclic) bond motifs is 1. The van der Waals surface area contributed by atoms with Crippen LogP contribution in [0, 0.1) is 5.92 Å². The first-order valence-corrected chi connectivity index (χ1v) is 13.9. The van der Waals surface area contributed by atoms with Gasteiger partial charge in [-0.05, 0) is 43.9 Å². The normalized spacial score (nSPS) is 13.8. The van der Waals surface area contributed by atoms with E-state index in [2.05, 4.69) is 25.6 Å². The zero-order chi connectivity index (χ0) is 28.2. The van der Waals surface area contributed by atoms with E-state index in [0.29, 0.717) is 67.1 Å². The summed E-state index contributed by atoms with van der Waals surface area (Å²) in [6.07, 6.45) is 5.08. The van der Waals surface area contributed by atoms with Gasteiger partial charge in [0.1, 0.15) is 6.33 Å². The number of aryl methyl sites for hydroxylation is 1. The van der Waals surface area contributed by atoms with Gasteiger partial charge in [0.2, 0.25) is 11.8 Å². The molecule has 208 valence electrons. The topological polar surface area (TPSA) is 155 Å². The number of carboxylic acids is 1. The summed E-state index contributed by atoms with van der Waals surface area (Å²) in [6.45, 7) is 5.59. The van der Waals surface area contributed by atoms with Gasteiger partial charge in [-0.15, -0.1) is 0 Å². The highest BCUT2D eigenvalue weighted by molar-refractivity contribution is 7.22. The molecule has 4 heterocycles. The first-order valence-electron chi connectivity index (χ1n) is 13.1. The summed E-state index contributed by atoms with van der Waals surface area (Å²) in [5.41, 5.74) is 4.76. The van der Waals surface area contributed by atoms with Gasteiger partial charge in [0.15, 0.2) is 5.13 Å². The molecule has 12 nitrogen and oxygen atoms in total. The van der Waals surface area contributed by atoms with Gasteiger partial charge in [0.05, 0.1) is 34.6 Å². The lowest BCUT2D eigenvalue weighted by molar-refractivity contribution is -0.142. The molecular weight excluding hydrogens is 532 g/mol. The Morgan fingerprint density at radius 2 is 1.90 bits per heavy atom. The molecule has 0 bridgehead atoms. The number of aliphatic carboxylic acids is 1. The van der Waals surface area contributed by atoms with Gasteiger partial charge < -0.3 is 20.1 Å². The maximum absolute atomic E-state index is 12.2. The van der Waals surface area contributed by atoms with E-state index in [1.165, 1.54) is 17.7 Å². The first-order chi connectivity index (χ1) is 19.4. The lowest BCUT2D eigenvalue weighted by Crippen LogP contribution is -2.37. The van der Waals surface area contributed by atoms with E-state index in [1.807, 2.05) is 37.1 Å². The van der Waals surface area contributed by atoms with Crippen molar-refractivity contribution in [1.29, 1.82) is 0 Å². The summed E-state index contributed by atoms with van der Waals surface area (Å²) >= 11 is 1.36. The minimum Gasteiger partial charge on any atom is -0.481 e. The van der Waals surface area contributed by atoms with Gasteiger partial charge in [-0.1, -0.05) is 18.3 Å². The van der Waals surface area contributed by atoms with Crippen molar-refractivity contribution in [1.82, 2.24) is 30.2 Å². The van der Waals surface area contributed by atoms with Gasteiger partial charge in [-0.25, -0.2) is 29.7 Å². The largest absolute Gasteiger partial charge is 0.481 e. The average Bonchev–Trinajstić information content (AvgIpc) is 3.38. The molecule has 5 rings (SSSR count). The minimum absolute atomic E-state index is 0.322. The highest BCUT2D eigenvalue weighted by Gasteiger charge is 2.26. The van der Waals surface area contributed by atoms with Gasteiger partial charge in [-0.2, -0.15) is 0 Å². The summed E-state index contributed by atoms with van der Waals surface area (Å²) in [5.74, 6) is -0.0305. The molecule has 0 radical (unpaired) electrons. The third kappa shape index (κ3) is 5.64. The molecule has 0 aliphatic carbocycles. The third-order valence-corrected chi connectivity index (χ3v) is 7.82. The quantitative estimate of drug-likeness (QED) is 0.284. The zero-order valence-electron chi connectivity index (χ0n) is 22.5. The number of ether oxygens (including phenoxy) is 1. The van der Waals surface area contributed by atoms with Gasteiger partial charge in [-0.3, -0.25) is 10.1 Å². The fourth-order valence-corrected chi connectivity index (χ4v) is 5.69. The van der Waals surface area contributed by atoms with E-state index >= 15 is 0 Å². The number of urea groups is 1. The lowest BCUT2D eigenvalue weighted by Gasteiger charge is -2.30. The van der Waals surface area contributed by atoms with Crippen LogP contribution in [0.5, 0.6) is 5.88 Å². The number of hydrogen-bond acceptors (Lipinski definition) is 10. The molecule has 4 aromatic rings. The molecule has 13 heteroatoms. The number of aromatic nitrogens is 5. The van der Waals surface area contributed by atoms with Crippen molar-refractivity contribution in [2.45, 2.75) is 33.1 Å². The SMILES string of the molecule is CCNC(=O)Nc1nc2cc(-c3cnc(N4CCC(C(=O)O)CC4)nc3CC)cc(-c3cc(OC)ncn3)c2s1. The second-order valence-corrected chi connectivity index (χ2v) is 10.3. The monoisotopic (exact) mass is 562 g/mol. The molecule has 0 atom stereocenters. The number of nitrogens with one attached hydrogen (secondary N) is 2. The van der Waals surface area contributed by atoms with E-state index in [9.17, 15) is 14.7 Å². The molecule has 3 N–H and O–H groups in total. The van der Waals surface area contributed by atoms with Crippen LogP contribution in [-0.4, -0.2) is 68.8 Å². The van der Waals surface area contributed by atoms with Crippen LogP contribution in [-0.2, 0) is 11.2 Å². The Labute approximate surface area is 234 Å². The number of rotatable bonds is 8. The van der Waals surface area contributed by atoms with Crippen LogP contribution in [0.25, 0.3) is 32.6 Å². The number of amides is 2. The van der Waals surface area contributed by atoms with Gasteiger partial charge in [0, 0.05) is 43.0 Å². The molecule has 1 fully saturated rings. The number of thiazole rings is 1. The number of methoxy groups -OCH3 is 1. The number of carbonyl (C=O) groups excluding carboxylic acids is 1. The number of carboxylic acid groups (broad SMARTS) is 1. The summed E-state index contributed by atoms with van der Waals surface area (Å²) < 4.78 is 6.18. The molecule has 0 spiro atoms. The number of nitrogens with zero attached hydrogens (tertiary/aromatic N) is 6. The van der Waals surface area contributed by atoms with E-state index in [-0.39, 0.29) is 11.9 Å². The van der Waals surface area contributed by atoms with Crippen molar-refractivity contribution >= 4 is 44.6 Å². The summed E-state index contributed by atoms with van der Waals surface area (Å²) in [6, 6.07) is 5.42. The Balaban J connectivity index is 1.56. The molecule has 0 saturated carbocycles. The molecule has 1 aliphatic heterocycles. The molecule has 1 saturated heterocycles. The van der Waals surface area contributed by atoms with Gasteiger partial charge >= 0.3 is 12.0 Å². The molecule has 3 aromatic heterocycles. The van der Waals surface area contributed by atoms with Crippen molar-refractivity contribution in [2.75, 3.05) is 37.0 Å². The summed E-state index contributed by atoms with van der Waals surface area (Å²) in [5, 5.41) is 15.3. The van der Waals surface area contributed by atoms with Crippen molar-refractivity contribution < 1.29 is 19.4 Å². The Morgan fingerprint density at radius 1 is 1.10 bits per heavy atom. The van der Waals surface area contributed by atoms with Crippen molar-refractivity contribution in [3.05, 3.63) is 36.4 Å². The van der Waals surface area contributed by atoms with Crippen molar-refractivity contribution in [2.24, 2.45) is 5.92 Å². The maximum atomic E-state index is 12.2.